The standard InChI is InChI=1S/C20H35N3O3/c1-15-8-9-16(17(12-15)26-11-10-24-6)13-22-19(21-5)23-14-18(25-7)20(2,3)4/h8-9,12,18H,10-11,13-14H2,1-7H3,(H2,21,22,23). The Morgan fingerprint density at radius 3 is 2.46 bits per heavy atom. The highest BCUT2D eigenvalue weighted by Crippen LogP contribution is 2.21. The molecule has 0 aliphatic rings. The van der Waals surface area contributed by atoms with E-state index in [1.54, 1.807) is 21.3 Å². The Labute approximate surface area is 158 Å². The molecule has 26 heavy (non-hydrogen) atoms. The number of rotatable bonds is 9. The van der Waals surface area contributed by atoms with Gasteiger partial charge < -0.3 is 24.8 Å². The molecule has 0 saturated heterocycles. The quantitative estimate of drug-likeness (QED) is 0.400. The molecule has 148 valence electrons. The summed E-state index contributed by atoms with van der Waals surface area (Å²) >= 11 is 0. The first-order valence-electron chi connectivity index (χ1n) is 9.00. The number of guanidine groups is 1. The van der Waals surface area contributed by atoms with Crippen molar-refractivity contribution in [3.8, 4) is 5.75 Å². The van der Waals surface area contributed by atoms with Crippen LogP contribution in [0.15, 0.2) is 23.2 Å². The fourth-order valence-electron chi connectivity index (χ4n) is 2.51. The van der Waals surface area contributed by atoms with Crippen molar-refractivity contribution in [1.82, 2.24) is 10.6 Å². The average molecular weight is 366 g/mol. The summed E-state index contributed by atoms with van der Waals surface area (Å²) in [4.78, 5) is 4.29. The molecule has 6 heteroatoms. The Balaban J connectivity index is 2.65. The summed E-state index contributed by atoms with van der Waals surface area (Å²) in [6.07, 6.45) is 0.0911. The SMILES string of the molecule is CN=C(NCc1ccc(C)cc1OCCOC)NCC(OC)C(C)(C)C. The molecule has 1 aromatic carbocycles. The van der Waals surface area contributed by atoms with Crippen LogP contribution in [0.5, 0.6) is 5.75 Å². The molecule has 0 spiro atoms. The van der Waals surface area contributed by atoms with Crippen molar-refractivity contribution in [2.24, 2.45) is 10.4 Å². The average Bonchev–Trinajstić information content (AvgIpc) is 2.58. The minimum atomic E-state index is 0.0555. The van der Waals surface area contributed by atoms with E-state index in [2.05, 4.69) is 55.5 Å². The van der Waals surface area contributed by atoms with Crippen LogP contribution in [0.3, 0.4) is 0 Å². The van der Waals surface area contributed by atoms with Crippen molar-refractivity contribution in [3.63, 3.8) is 0 Å². The molecule has 0 amide bonds. The van der Waals surface area contributed by atoms with Gasteiger partial charge in [0.05, 0.1) is 12.7 Å². The highest BCUT2D eigenvalue weighted by molar-refractivity contribution is 5.79. The fourth-order valence-corrected chi connectivity index (χ4v) is 2.51. The molecular formula is C20H35N3O3. The fraction of sp³-hybridized carbons (Fsp3) is 0.650. The van der Waals surface area contributed by atoms with Gasteiger partial charge in [-0.15, -0.1) is 0 Å². The van der Waals surface area contributed by atoms with E-state index in [-0.39, 0.29) is 11.5 Å². The zero-order valence-corrected chi connectivity index (χ0v) is 17.3. The van der Waals surface area contributed by atoms with Crippen molar-refractivity contribution in [1.29, 1.82) is 0 Å². The number of nitrogens with zero attached hydrogens (tertiary/aromatic N) is 1. The van der Waals surface area contributed by atoms with Crippen LogP contribution >= 0.6 is 0 Å². The third kappa shape index (κ3) is 7.62. The van der Waals surface area contributed by atoms with E-state index in [1.807, 2.05) is 6.07 Å². The molecular weight excluding hydrogens is 330 g/mol. The molecule has 6 nitrogen and oxygen atoms in total. The Morgan fingerprint density at radius 1 is 1.15 bits per heavy atom. The molecule has 0 heterocycles. The first kappa shape index (κ1) is 22.3. The molecule has 0 aliphatic heterocycles. The van der Waals surface area contributed by atoms with E-state index in [4.69, 9.17) is 14.2 Å². The molecule has 0 aromatic heterocycles. The maximum Gasteiger partial charge on any atom is 0.191 e. The van der Waals surface area contributed by atoms with Gasteiger partial charge in [-0.2, -0.15) is 0 Å². The lowest BCUT2D eigenvalue weighted by Gasteiger charge is -2.30. The van der Waals surface area contributed by atoms with Crippen LogP contribution in [0.1, 0.15) is 31.9 Å². The van der Waals surface area contributed by atoms with Gasteiger partial charge in [-0.1, -0.05) is 32.9 Å². The molecule has 0 aliphatic carbocycles. The number of nitrogens with one attached hydrogen (secondary N) is 2. The summed E-state index contributed by atoms with van der Waals surface area (Å²) in [5.41, 5.74) is 2.30. The Morgan fingerprint density at radius 2 is 1.88 bits per heavy atom. The van der Waals surface area contributed by atoms with E-state index in [9.17, 15) is 0 Å². The van der Waals surface area contributed by atoms with Gasteiger partial charge in [0.15, 0.2) is 5.96 Å². The van der Waals surface area contributed by atoms with Gasteiger partial charge in [0.25, 0.3) is 0 Å². The smallest absolute Gasteiger partial charge is 0.191 e. The van der Waals surface area contributed by atoms with Crippen molar-refractivity contribution < 1.29 is 14.2 Å². The maximum absolute atomic E-state index is 5.84. The predicted molar refractivity (Wildman–Crippen MR) is 107 cm³/mol. The highest BCUT2D eigenvalue weighted by atomic mass is 16.5. The Hall–Kier alpha value is -1.79. The van der Waals surface area contributed by atoms with Gasteiger partial charge in [-0.05, 0) is 24.0 Å². The Kier molecular flexibility index (Phi) is 9.44. The van der Waals surface area contributed by atoms with E-state index in [0.717, 1.165) is 22.8 Å². The van der Waals surface area contributed by atoms with Gasteiger partial charge in [0.2, 0.25) is 0 Å². The van der Waals surface area contributed by atoms with Gasteiger partial charge in [0, 0.05) is 39.9 Å². The van der Waals surface area contributed by atoms with Crippen LogP contribution in [0.2, 0.25) is 0 Å². The number of aliphatic imine (C=N–C) groups is 1. The zero-order valence-electron chi connectivity index (χ0n) is 17.3. The van der Waals surface area contributed by atoms with Gasteiger partial charge in [-0.3, -0.25) is 4.99 Å². The van der Waals surface area contributed by atoms with Crippen LogP contribution in [0.4, 0.5) is 0 Å². The van der Waals surface area contributed by atoms with Gasteiger partial charge >= 0.3 is 0 Å². The summed E-state index contributed by atoms with van der Waals surface area (Å²) in [5, 5.41) is 6.67. The van der Waals surface area contributed by atoms with Crippen molar-refractivity contribution >= 4 is 5.96 Å². The first-order valence-corrected chi connectivity index (χ1v) is 9.00. The molecule has 0 fully saturated rings. The number of hydrogen-bond acceptors (Lipinski definition) is 4. The van der Waals surface area contributed by atoms with E-state index in [1.165, 1.54) is 0 Å². The number of methoxy groups -OCH3 is 2. The van der Waals surface area contributed by atoms with Gasteiger partial charge in [-0.25, -0.2) is 0 Å². The largest absolute Gasteiger partial charge is 0.491 e. The summed E-state index contributed by atoms with van der Waals surface area (Å²) in [7, 11) is 5.17. The summed E-state index contributed by atoms with van der Waals surface area (Å²) < 4.78 is 16.5. The summed E-state index contributed by atoms with van der Waals surface area (Å²) in [5.74, 6) is 1.61. The normalized spacial score (nSPS) is 13.4. The molecule has 1 unspecified atom stereocenters. The lowest BCUT2D eigenvalue weighted by Crippen LogP contribution is -2.45. The molecule has 1 aromatic rings. The van der Waals surface area contributed by atoms with Crippen molar-refractivity contribution in [2.75, 3.05) is 41.0 Å². The second kappa shape index (κ2) is 11.0. The first-order chi connectivity index (χ1) is 12.3. The molecule has 1 atom stereocenters. The molecule has 2 N–H and O–H groups in total. The zero-order chi connectivity index (χ0) is 19.6. The monoisotopic (exact) mass is 365 g/mol. The maximum atomic E-state index is 5.84. The summed E-state index contributed by atoms with van der Waals surface area (Å²) in [6, 6.07) is 6.20. The van der Waals surface area contributed by atoms with Crippen molar-refractivity contribution in [3.05, 3.63) is 29.3 Å². The van der Waals surface area contributed by atoms with Crippen LogP contribution in [-0.2, 0) is 16.0 Å². The van der Waals surface area contributed by atoms with Gasteiger partial charge in [0.1, 0.15) is 12.4 Å². The summed E-state index contributed by atoms with van der Waals surface area (Å²) in [6.45, 7) is 10.9. The highest BCUT2D eigenvalue weighted by Gasteiger charge is 2.24. The van der Waals surface area contributed by atoms with E-state index < -0.39 is 0 Å². The number of benzene rings is 1. The number of aryl methyl sites for hydroxylation is 1. The topological polar surface area (TPSA) is 64.1 Å². The lowest BCUT2D eigenvalue weighted by molar-refractivity contribution is 0.0205. The molecule has 0 radical (unpaired) electrons. The van der Waals surface area contributed by atoms with Crippen LogP contribution in [0.25, 0.3) is 0 Å². The minimum Gasteiger partial charge on any atom is -0.491 e. The number of ether oxygens (including phenoxy) is 3. The van der Waals surface area contributed by atoms with Crippen molar-refractivity contribution in [2.45, 2.75) is 40.3 Å². The van der Waals surface area contributed by atoms with Crippen LogP contribution < -0.4 is 15.4 Å². The number of hydrogen-bond donors (Lipinski definition) is 2. The molecule has 0 bridgehead atoms. The molecule has 0 saturated carbocycles. The van der Waals surface area contributed by atoms with E-state index >= 15 is 0 Å². The van der Waals surface area contributed by atoms with E-state index in [0.29, 0.717) is 26.3 Å². The lowest BCUT2D eigenvalue weighted by atomic mass is 9.89. The Bertz CT molecular complexity index is 568. The third-order valence-corrected chi connectivity index (χ3v) is 4.14. The predicted octanol–water partition coefficient (Wildman–Crippen LogP) is 2.75. The third-order valence-electron chi connectivity index (χ3n) is 4.14. The van der Waals surface area contributed by atoms with Crippen LogP contribution in [0, 0.1) is 12.3 Å². The minimum absolute atomic E-state index is 0.0555. The van der Waals surface area contributed by atoms with Crippen LogP contribution in [-0.4, -0.2) is 53.1 Å². The second-order valence-corrected chi connectivity index (χ2v) is 7.35. The second-order valence-electron chi connectivity index (χ2n) is 7.35. The molecule has 1 rings (SSSR count).